The number of anilines is 1. The molecule has 60 valence electrons. The summed E-state index contributed by atoms with van der Waals surface area (Å²) in [6, 6.07) is 7.79. The number of benzene rings is 1. The second-order valence-corrected chi connectivity index (χ2v) is 3.19. The first-order valence-electron chi connectivity index (χ1n) is 3.61. The van der Waals surface area contributed by atoms with Crippen LogP contribution in [0, 0.1) is 0 Å². The van der Waals surface area contributed by atoms with Gasteiger partial charge >= 0.3 is 0 Å². The molecule has 0 aliphatic heterocycles. The van der Waals surface area contributed by atoms with E-state index in [0.29, 0.717) is 0 Å². The molecule has 0 amide bonds. The summed E-state index contributed by atoms with van der Waals surface area (Å²) < 4.78 is 4.03. The maximum absolute atomic E-state index is 5.57. The first kappa shape index (κ1) is 7.31. The number of rotatable bonds is 1. The normalized spacial score (nSPS) is 10.0. The maximum Gasteiger partial charge on any atom is 0.0485 e. The number of hydrogen-bond acceptors (Lipinski definition) is 3. The molecule has 1 heterocycles. The van der Waals surface area contributed by atoms with Crippen molar-refractivity contribution >= 4 is 17.2 Å². The van der Waals surface area contributed by atoms with Crippen LogP contribution in [0.25, 0.3) is 11.1 Å². The van der Waals surface area contributed by atoms with Gasteiger partial charge < -0.3 is 5.73 Å². The predicted octanol–water partition coefficient (Wildman–Crippen LogP) is 2.39. The Hall–Kier alpha value is -1.35. The zero-order chi connectivity index (χ0) is 8.39. The van der Waals surface area contributed by atoms with Crippen LogP contribution in [-0.2, 0) is 0 Å². The molecule has 2 rings (SSSR count). The molecule has 2 aromatic rings. The van der Waals surface area contributed by atoms with Crippen molar-refractivity contribution in [3.05, 3.63) is 35.8 Å². The third kappa shape index (κ3) is 1.31. The molecule has 1 aromatic carbocycles. The van der Waals surface area contributed by atoms with Crippen LogP contribution in [0.5, 0.6) is 0 Å². The standard InChI is InChI=1S/C9H8N2S/c10-9-3-1-7(2-4-9)8-5-11-12-6-8/h1-6H,10H2. The summed E-state index contributed by atoms with van der Waals surface area (Å²) >= 11 is 1.46. The van der Waals surface area contributed by atoms with Gasteiger partial charge in [0.15, 0.2) is 0 Å². The summed E-state index contributed by atoms with van der Waals surface area (Å²) in [5, 5.41) is 2.02. The number of nitrogen functional groups attached to an aromatic ring is 1. The van der Waals surface area contributed by atoms with Crippen LogP contribution in [0.4, 0.5) is 5.69 Å². The Kier molecular flexibility index (Phi) is 1.80. The Labute approximate surface area is 74.8 Å². The molecule has 0 radical (unpaired) electrons. The maximum atomic E-state index is 5.57. The van der Waals surface area contributed by atoms with Gasteiger partial charge in [0.25, 0.3) is 0 Å². The second kappa shape index (κ2) is 2.95. The molecule has 0 aliphatic carbocycles. The molecule has 0 fully saturated rings. The monoisotopic (exact) mass is 176 g/mol. The van der Waals surface area contributed by atoms with Crippen LogP contribution >= 0.6 is 11.5 Å². The highest BCUT2D eigenvalue weighted by atomic mass is 32.1. The quantitative estimate of drug-likeness (QED) is 0.677. The predicted molar refractivity (Wildman–Crippen MR) is 52.0 cm³/mol. The Morgan fingerprint density at radius 3 is 2.42 bits per heavy atom. The van der Waals surface area contributed by atoms with Crippen molar-refractivity contribution in [2.24, 2.45) is 0 Å². The molecule has 0 saturated carbocycles. The Morgan fingerprint density at radius 2 is 1.83 bits per heavy atom. The van der Waals surface area contributed by atoms with Crippen molar-refractivity contribution in [2.75, 3.05) is 5.73 Å². The van der Waals surface area contributed by atoms with Crippen LogP contribution in [0.3, 0.4) is 0 Å². The first-order chi connectivity index (χ1) is 5.86. The van der Waals surface area contributed by atoms with Gasteiger partial charge in [0.1, 0.15) is 0 Å². The molecule has 0 aliphatic rings. The van der Waals surface area contributed by atoms with Gasteiger partial charge in [-0.25, -0.2) is 4.37 Å². The SMILES string of the molecule is Nc1ccc(-c2cnsc2)cc1. The van der Waals surface area contributed by atoms with E-state index in [1.165, 1.54) is 11.5 Å². The van der Waals surface area contributed by atoms with E-state index in [1.807, 2.05) is 35.8 Å². The molecule has 0 spiro atoms. The van der Waals surface area contributed by atoms with Crippen LogP contribution in [0.1, 0.15) is 0 Å². The molecule has 12 heavy (non-hydrogen) atoms. The summed E-state index contributed by atoms with van der Waals surface area (Å²) in [7, 11) is 0. The van der Waals surface area contributed by atoms with Gasteiger partial charge in [-0.05, 0) is 29.2 Å². The molecule has 0 atom stereocenters. The Balaban J connectivity index is 2.43. The molecular weight excluding hydrogens is 168 g/mol. The molecule has 3 heteroatoms. The van der Waals surface area contributed by atoms with Gasteiger partial charge in [-0.15, -0.1) is 0 Å². The highest BCUT2D eigenvalue weighted by Gasteiger charge is 1.96. The van der Waals surface area contributed by atoms with E-state index in [0.717, 1.165) is 16.8 Å². The fourth-order valence-electron chi connectivity index (χ4n) is 1.02. The molecular formula is C9H8N2S. The Bertz CT molecular complexity index is 351. The fraction of sp³-hybridized carbons (Fsp3) is 0. The zero-order valence-electron chi connectivity index (χ0n) is 6.40. The van der Waals surface area contributed by atoms with Crippen molar-refractivity contribution in [1.82, 2.24) is 4.37 Å². The van der Waals surface area contributed by atoms with Crippen molar-refractivity contribution in [3.63, 3.8) is 0 Å². The highest BCUT2D eigenvalue weighted by Crippen LogP contribution is 2.20. The lowest BCUT2D eigenvalue weighted by atomic mass is 10.1. The van der Waals surface area contributed by atoms with Crippen LogP contribution in [0.15, 0.2) is 35.8 Å². The molecule has 1 aromatic heterocycles. The number of nitrogens with two attached hydrogens (primary N) is 1. The van der Waals surface area contributed by atoms with Crippen molar-refractivity contribution in [2.45, 2.75) is 0 Å². The van der Waals surface area contributed by atoms with E-state index in [2.05, 4.69) is 4.37 Å². The summed E-state index contributed by atoms with van der Waals surface area (Å²) in [5.74, 6) is 0. The smallest absolute Gasteiger partial charge is 0.0485 e. The van der Waals surface area contributed by atoms with Gasteiger partial charge in [0, 0.05) is 22.8 Å². The first-order valence-corrected chi connectivity index (χ1v) is 4.45. The van der Waals surface area contributed by atoms with Gasteiger partial charge in [-0.3, -0.25) is 0 Å². The van der Waals surface area contributed by atoms with E-state index >= 15 is 0 Å². The topological polar surface area (TPSA) is 38.9 Å². The van der Waals surface area contributed by atoms with Crippen LogP contribution in [-0.4, -0.2) is 4.37 Å². The lowest BCUT2D eigenvalue weighted by Gasteiger charge is -1.96. The summed E-state index contributed by atoms with van der Waals surface area (Å²) in [5.41, 5.74) is 8.68. The molecule has 0 bridgehead atoms. The average molecular weight is 176 g/mol. The minimum Gasteiger partial charge on any atom is -0.399 e. The van der Waals surface area contributed by atoms with Crippen molar-refractivity contribution < 1.29 is 0 Å². The van der Waals surface area contributed by atoms with E-state index in [-0.39, 0.29) is 0 Å². The third-order valence-electron chi connectivity index (χ3n) is 1.68. The van der Waals surface area contributed by atoms with E-state index in [9.17, 15) is 0 Å². The highest BCUT2D eigenvalue weighted by molar-refractivity contribution is 7.03. The van der Waals surface area contributed by atoms with E-state index in [4.69, 9.17) is 5.73 Å². The minimum atomic E-state index is 0.793. The lowest BCUT2D eigenvalue weighted by molar-refractivity contribution is 1.56. The van der Waals surface area contributed by atoms with Crippen molar-refractivity contribution in [3.8, 4) is 11.1 Å². The molecule has 0 saturated heterocycles. The summed E-state index contributed by atoms with van der Waals surface area (Å²) in [6.07, 6.45) is 1.86. The number of nitrogens with zero attached hydrogens (tertiary/aromatic N) is 1. The average Bonchev–Trinajstić information content (AvgIpc) is 2.58. The van der Waals surface area contributed by atoms with Crippen molar-refractivity contribution in [1.29, 1.82) is 0 Å². The molecule has 2 N–H and O–H groups in total. The lowest BCUT2D eigenvalue weighted by Crippen LogP contribution is -1.82. The van der Waals surface area contributed by atoms with Gasteiger partial charge in [-0.1, -0.05) is 12.1 Å². The van der Waals surface area contributed by atoms with Gasteiger partial charge in [-0.2, -0.15) is 0 Å². The Morgan fingerprint density at radius 1 is 1.08 bits per heavy atom. The van der Waals surface area contributed by atoms with Gasteiger partial charge in [0.2, 0.25) is 0 Å². The van der Waals surface area contributed by atoms with Gasteiger partial charge in [0.05, 0.1) is 0 Å². The van der Waals surface area contributed by atoms with E-state index in [1.54, 1.807) is 0 Å². The van der Waals surface area contributed by atoms with Crippen LogP contribution in [0.2, 0.25) is 0 Å². The largest absolute Gasteiger partial charge is 0.399 e. The summed E-state index contributed by atoms with van der Waals surface area (Å²) in [6.45, 7) is 0. The molecule has 2 nitrogen and oxygen atoms in total. The minimum absolute atomic E-state index is 0.793. The van der Waals surface area contributed by atoms with E-state index < -0.39 is 0 Å². The fourth-order valence-corrected chi connectivity index (χ4v) is 1.57. The third-order valence-corrected chi connectivity index (χ3v) is 2.26. The van der Waals surface area contributed by atoms with Crippen LogP contribution < -0.4 is 5.73 Å². The number of hydrogen-bond donors (Lipinski definition) is 1. The zero-order valence-corrected chi connectivity index (χ0v) is 7.21. The second-order valence-electron chi connectivity index (χ2n) is 2.54. The summed E-state index contributed by atoms with van der Waals surface area (Å²) in [4.78, 5) is 0. The molecule has 0 unspecified atom stereocenters. The number of aromatic nitrogens is 1.